The molecule has 5 rings (SSSR count). The van der Waals surface area contributed by atoms with Gasteiger partial charge >= 0.3 is 5.69 Å². The van der Waals surface area contributed by atoms with Gasteiger partial charge in [0.1, 0.15) is 23.5 Å². The Labute approximate surface area is 163 Å². The van der Waals surface area contributed by atoms with Gasteiger partial charge in [0.25, 0.3) is 0 Å². The molecule has 0 bridgehead atoms. The number of fused-ring (bicyclic) bond motifs is 3. The van der Waals surface area contributed by atoms with Gasteiger partial charge in [-0.15, -0.1) is 5.10 Å². The van der Waals surface area contributed by atoms with E-state index in [1.165, 1.54) is 0 Å². The molecule has 0 fully saturated rings. The van der Waals surface area contributed by atoms with Crippen LogP contribution in [0.1, 0.15) is 17.1 Å². The number of para-hydroxylation sites is 1. The lowest BCUT2D eigenvalue weighted by molar-refractivity contribution is -0.386. The molecule has 0 saturated heterocycles. The summed E-state index contributed by atoms with van der Waals surface area (Å²) < 4.78 is 9.07. The Morgan fingerprint density at radius 1 is 1.14 bits per heavy atom. The molecule has 29 heavy (non-hydrogen) atoms. The van der Waals surface area contributed by atoms with Crippen LogP contribution in [-0.2, 0) is 6.54 Å². The van der Waals surface area contributed by atoms with Gasteiger partial charge in [-0.05, 0) is 38.1 Å². The van der Waals surface area contributed by atoms with E-state index in [9.17, 15) is 10.1 Å². The lowest BCUT2D eigenvalue weighted by atomic mass is 10.2. The highest BCUT2D eigenvalue weighted by atomic mass is 16.6. The summed E-state index contributed by atoms with van der Waals surface area (Å²) in [6, 6.07) is 11.3. The number of furan rings is 1. The summed E-state index contributed by atoms with van der Waals surface area (Å²) in [6.45, 7) is 3.57. The van der Waals surface area contributed by atoms with Crippen molar-refractivity contribution in [3.63, 3.8) is 0 Å². The van der Waals surface area contributed by atoms with E-state index in [4.69, 9.17) is 4.42 Å². The van der Waals surface area contributed by atoms with Gasteiger partial charge in [-0.2, -0.15) is 5.10 Å². The number of nitro groups is 1. The van der Waals surface area contributed by atoms with Gasteiger partial charge in [0.05, 0.1) is 17.0 Å². The second-order valence-corrected chi connectivity index (χ2v) is 6.67. The van der Waals surface area contributed by atoms with Gasteiger partial charge in [0.2, 0.25) is 5.82 Å². The van der Waals surface area contributed by atoms with Crippen LogP contribution in [0.4, 0.5) is 5.69 Å². The summed E-state index contributed by atoms with van der Waals surface area (Å²) in [5.74, 6) is 1.54. The molecule has 0 N–H and O–H groups in total. The van der Waals surface area contributed by atoms with Crippen LogP contribution in [0.3, 0.4) is 0 Å². The maximum Gasteiger partial charge on any atom is 0.312 e. The molecular weight excluding hydrogens is 374 g/mol. The monoisotopic (exact) mass is 389 g/mol. The molecule has 0 unspecified atom stereocenters. The molecule has 1 aromatic carbocycles. The average Bonchev–Trinajstić information content (AvgIpc) is 3.39. The molecule has 144 valence electrons. The SMILES string of the molecule is Cc1nn(Cc2ccc(-c3nc4c5ccccc5ncn4n3)o2)c(C)c1[N+](=O)[O-]. The summed E-state index contributed by atoms with van der Waals surface area (Å²) in [6.07, 6.45) is 1.62. The Kier molecular flexibility index (Phi) is 3.66. The van der Waals surface area contributed by atoms with Crippen LogP contribution in [0.2, 0.25) is 0 Å². The second kappa shape index (κ2) is 6.23. The topological polar surface area (TPSA) is 117 Å². The second-order valence-electron chi connectivity index (χ2n) is 6.67. The third-order valence-electron chi connectivity index (χ3n) is 4.80. The van der Waals surface area contributed by atoms with Crippen molar-refractivity contribution in [3.8, 4) is 11.6 Å². The first-order valence-electron chi connectivity index (χ1n) is 8.89. The van der Waals surface area contributed by atoms with E-state index in [0.717, 1.165) is 10.9 Å². The molecule has 0 aliphatic rings. The molecule has 5 aromatic rings. The van der Waals surface area contributed by atoms with Crippen LogP contribution < -0.4 is 0 Å². The van der Waals surface area contributed by atoms with Crippen molar-refractivity contribution in [2.45, 2.75) is 20.4 Å². The van der Waals surface area contributed by atoms with Gasteiger partial charge in [-0.3, -0.25) is 14.8 Å². The van der Waals surface area contributed by atoms with Crippen molar-refractivity contribution >= 4 is 22.2 Å². The van der Waals surface area contributed by atoms with Crippen LogP contribution in [0.15, 0.2) is 47.1 Å². The maximum atomic E-state index is 11.2. The molecule has 0 aliphatic carbocycles. The zero-order chi connectivity index (χ0) is 20.1. The van der Waals surface area contributed by atoms with E-state index in [1.807, 2.05) is 24.3 Å². The third kappa shape index (κ3) is 2.73. The van der Waals surface area contributed by atoms with Crippen molar-refractivity contribution in [2.24, 2.45) is 0 Å². The van der Waals surface area contributed by atoms with Crippen LogP contribution in [0.5, 0.6) is 0 Å². The van der Waals surface area contributed by atoms with E-state index < -0.39 is 4.92 Å². The number of nitrogens with zero attached hydrogens (tertiary/aromatic N) is 7. The zero-order valence-electron chi connectivity index (χ0n) is 15.6. The van der Waals surface area contributed by atoms with E-state index in [2.05, 4.69) is 20.2 Å². The van der Waals surface area contributed by atoms with Crippen LogP contribution in [-0.4, -0.2) is 34.3 Å². The van der Waals surface area contributed by atoms with Gasteiger partial charge in [-0.25, -0.2) is 14.5 Å². The number of hydrogen-bond acceptors (Lipinski definition) is 7. The largest absolute Gasteiger partial charge is 0.456 e. The molecule has 0 spiro atoms. The maximum absolute atomic E-state index is 11.2. The lowest BCUT2D eigenvalue weighted by Crippen LogP contribution is -2.03. The highest BCUT2D eigenvalue weighted by Gasteiger charge is 2.22. The Bertz CT molecular complexity index is 1400. The molecule has 10 heteroatoms. The Morgan fingerprint density at radius 2 is 1.97 bits per heavy atom. The molecule has 4 heterocycles. The molecule has 0 atom stereocenters. The van der Waals surface area contributed by atoms with Crippen molar-refractivity contribution in [2.75, 3.05) is 0 Å². The van der Waals surface area contributed by atoms with Crippen LogP contribution in [0, 0.1) is 24.0 Å². The summed E-state index contributed by atoms with van der Waals surface area (Å²) in [4.78, 5) is 19.7. The predicted octanol–water partition coefficient (Wildman–Crippen LogP) is 3.31. The molecule has 0 aliphatic heterocycles. The Hall–Kier alpha value is -4.08. The highest BCUT2D eigenvalue weighted by molar-refractivity contribution is 5.91. The third-order valence-corrected chi connectivity index (χ3v) is 4.80. The van der Waals surface area contributed by atoms with Gasteiger partial charge in [0.15, 0.2) is 11.4 Å². The van der Waals surface area contributed by atoms with Gasteiger partial charge in [-0.1, -0.05) is 12.1 Å². The predicted molar refractivity (Wildman–Crippen MR) is 103 cm³/mol. The summed E-state index contributed by atoms with van der Waals surface area (Å²) in [5.41, 5.74) is 2.41. The lowest BCUT2D eigenvalue weighted by Gasteiger charge is -2.00. The number of rotatable bonds is 4. The Balaban J connectivity index is 1.50. The molecule has 4 aromatic heterocycles. The average molecular weight is 389 g/mol. The number of aromatic nitrogens is 6. The fraction of sp³-hybridized carbons (Fsp3) is 0.158. The molecule has 0 radical (unpaired) electrons. The van der Waals surface area contributed by atoms with Crippen molar-refractivity contribution < 1.29 is 9.34 Å². The van der Waals surface area contributed by atoms with E-state index >= 15 is 0 Å². The van der Waals surface area contributed by atoms with Crippen LogP contribution >= 0.6 is 0 Å². The minimum absolute atomic E-state index is 0.0261. The standard InChI is InChI=1S/C19H15N7O3/c1-11-17(26(27)28)12(2)24(22-11)9-13-7-8-16(29-13)18-21-19-14-5-3-4-6-15(14)20-10-25(19)23-18/h3-8,10H,9H2,1-2H3. The first-order valence-corrected chi connectivity index (χ1v) is 8.89. The van der Waals surface area contributed by atoms with Crippen molar-refractivity contribution in [3.05, 3.63) is 70.0 Å². The normalized spacial score (nSPS) is 11.5. The highest BCUT2D eigenvalue weighted by Crippen LogP contribution is 2.25. The van der Waals surface area contributed by atoms with Gasteiger partial charge in [0, 0.05) is 5.39 Å². The first kappa shape index (κ1) is 17.0. The van der Waals surface area contributed by atoms with Gasteiger partial charge < -0.3 is 4.42 Å². The number of aryl methyl sites for hydroxylation is 1. The molecule has 0 saturated carbocycles. The smallest absolute Gasteiger partial charge is 0.312 e. The molecular formula is C19H15N7O3. The summed E-state index contributed by atoms with van der Waals surface area (Å²) in [7, 11) is 0. The quantitative estimate of drug-likeness (QED) is 0.342. The van der Waals surface area contributed by atoms with Crippen molar-refractivity contribution in [1.29, 1.82) is 0 Å². The first-order chi connectivity index (χ1) is 14.0. The van der Waals surface area contributed by atoms with E-state index in [-0.39, 0.29) is 12.2 Å². The number of hydrogen-bond donors (Lipinski definition) is 0. The fourth-order valence-corrected chi connectivity index (χ4v) is 3.42. The number of benzene rings is 1. The van der Waals surface area contributed by atoms with Crippen molar-refractivity contribution in [1.82, 2.24) is 29.4 Å². The summed E-state index contributed by atoms with van der Waals surface area (Å²) in [5, 5.41) is 20.8. The zero-order valence-corrected chi connectivity index (χ0v) is 15.6. The Morgan fingerprint density at radius 3 is 2.76 bits per heavy atom. The summed E-state index contributed by atoms with van der Waals surface area (Å²) >= 11 is 0. The molecule has 0 amide bonds. The fourth-order valence-electron chi connectivity index (χ4n) is 3.42. The molecule has 10 nitrogen and oxygen atoms in total. The minimum Gasteiger partial charge on any atom is -0.456 e. The van der Waals surface area contributed by atoms with E-state index in [1.54, 1.807) is 41.5 Å². The van der Waals surface area contributed by atoms with E-state index in [0.29, 0.717) is 34.4 Å². The van der Waals surface area contributed by atoms with Crippen LogP contribution in [0.25, 0.3) is 28.1 Å². The minimum atomic E-state index is -0.416.